The lowest BCUT2D eigenvalue weighted by Gasteiger charge is -2.50. The molecule has 124 valence electrons. The van der Waals surface area contributed by atoms with Crippen LogP contribution in [0, 0.1) is 33.5 Å². The molecule has 0 saturated heterocycles. The molecule has 0 aromatic carbocycles. The van der Waals surface area contributed by atoms with Crippen molar-refractivity contribution in [2.45, 2.75) is 46.8 Å². The summed E-state index contributed by atoms with van der Waals surface area (Å²) in [4.78, 5) is 17.8. The molecule has 0 aromatic heterocycles. The number of oxime groups is 1. The van der Waals surface area contributed by atoms with E-state index in [1.54, 1.807) is 27.7 Å². The lowest BCUT2D eigenvalue weighted by atomic mass is 9.55. The Kier molecular flexibility index (Phi) is 5.63. The largest absolute Gasteiger partial charge is 0.370 e. The van der Waals surface area contributed by atoms with Crippen molar-refractivity contribution in [2.75, 3.05) is 0 Å². The van der Waals surface area contributed by atoms with Gasteiger partial charge in [0.2, 0.25) is 12.1 Å². The molecule has 7 nitrogen and oxygen atoms in total. The normalized spacial score (nSPS) is 25.6. The summed E-state index contributed by atoms with van der Waals surface area (Å²) in [5, 5.41) is 25.9. The molecular formula is C15H20ClN5O2. The van der Waals surface area contributed by atoms with Crippen LogP contribution in [0.15, 0.2) is 15.9 Å². The van der Waals surface area contributed by atoms with Crippen LogP contribution in [0.3, 0.4) is 0 Å². The van der Waals surface area contributed by atoms with Gasteiger partial charge in [-0.25, -0.2) is 0 Å². The number of hydrogen-bond acceptors (Lipinski definition) is 6. The summed E-state index contributed by atoms with van der Waals surface area (Å²) in [5.41, 5.74) is 3.05. The first-order valence-corrected chi connectivity index (χ1v) is 7.60. The van der Waals surface area contributed by atoms with E-state index in [1.165, 1.54) is 0 Å². The van der Waals surface area contributed by atoms with Crippen LogP contribution in [0.4, 0.5) is 0 Å². The average molecular weight is 338 g/mol. The molecule has 0 radical (unpaired) electrons. The SMILES string of the molecule is CCC1(CC)C(ON=C(C)C)NC(Cl)=C(C#N)C1(C#N)C(N)=O. The molecule has 0 bridgehead atoms. The maximum absolute atomic E-state index is 12.3. The number of nitrogens with one attached hydrogen (secondary N) is 1. The van der Waals surface area contributed by atoms with E-state index in [1.807, 2.05) is 12.1 Å². The van der Waals surface area contributed by atoms with Gasteiger partial charge in [-0.3, -0.25) is 4.79 Å². The summed E-state index contributed by atoms with van der Waals surface area (Å²) in [5.74, 6) is -0.925. The standard InChI is InChI=1S/C15H20ClN5O2/c1-5-14(6-2)13(23-21-9(3)4)20-11(16)10(7-17)15(14,8-18)12(19)22/h13,20H,5-6H2,1-4H3,(H2,19,22). The van der Waals surface area contributed by atoms with E-state index in [-0.39, 0.29) is 10.7 Å². The number of nitriles is 2. The van der Waals surface area contributed by atoms with Gasteiger partial charge in [-0.15, -0.1) is 0 Å². The van der Waals surface area contributed by atoms with Crippen LogP contribution in [-0.2, 0) is 9.63 Å². The molecule has 3 N–H and O–H groups in total. The van der Waals surface area contributed by atoms with Crippen molar-refractivity contribution in [3.63, 3.8) is 0 Å². The number of nitrogens with zero attached hydrogens (tertiary/aromatic N) is 3. The molecule has 1 heterocycles. The molecule has 1 amide bonds. The van der Waals surface area contributed by atoms with Gasteiger partial charge in [0.1, 0.15) is 11.2 Å². The van der Waals surface area contributed by atoms with Crippen molar-refractivity contribution in [2.24, 2.45) is 21.7 Å². The van der Waals surface area contributed by atoms with E-state index in [0.717, 1.165) is 0 Å². The fourth-order valence-electron chi connectivity index (χ4n) is 3.10. The fourth-order valence-corrected chi connectivity index (χ4v) is 3.38. The lowest BCUT2D eigenvalue weighted by molar-refractivity contribution is -0.145. The van der Waals surface area contributed by atoms with Gasteiger partial charge in [0.15, 0.2) is 5.41 Å². The second-order valence-corrected chi connectivity index (χ2v) is 5.94. The Labute approximate surface area is 140 Å². The topological polar surface area (TPSA) is 124 Å². The Morgan fingerprint density at radius 1 is 1.43 bits per heavy atom. The summed E-state index contributed by atoms with van der Waals surface area (Å²) in [6, 6.07) is 3.81. The zero-order valence-electron chi connectivity index (χ0n) is 13.6. The predicted molar refractivity (Wildman–Crippen MR) is 85.5 cm³/mol. The number of hydrogen-bond donors (Lipinski definition) is 2. The number of halogens is 1. The van der Waals surface area contributed by atoms with Crippen molar-refractivity contribution in [1.29, 1.82) is 10.5 Å². The second kappa shape index (κ2) is 6.89. The molecule has 1 rings (SSSR count). The van der Waals surface area contributed by atoms with Crippen LogP contribution in [0.5, 0.6) is 0 Å². The van der Waals surface area contributed by atoms with Crippen LogP contribution in [0.25, 0.3) is 0 Å². The Balaban J connectivity index is 3.74. The van der Waals surface area contributed by atoms with Crippen molar-refractivity contribution in [3.8, 4) is 12.1 Å². The molecule has 1 aliphatic rings. The zero-order chi connectivity index (χ0) is 17.8. The maximum atomic E-state index is 12.3. The van der Waals surface area contributed by atoms with Crippen LogP contribution < -0.4 is 11.1 Å². The third-order valence-electron chi connectivity index (χ3n) is 4.35. The van der Waals surface area contributed by atoms with Gasteiger partial charge in [0.05, 0.1) is 22.8 Å². The van der Waals surface area contributed by atoms with Crippen LogP contribution in [-0.4, -0.2) is 17.8 Å². The lowest BCUT2D eigenvalue weighted by Crippen LogP contribution is -2.63. The Hall–Kier alpha value is -2.25. The molecule has 0 aromatic rings. The highest BCUT2D eigenvalue weighted by atomic mass is 35.5. The summed E-state index contributed by atoms with van der Waals surface area (Å²) < 4.78 is 0. The minimum atomic E-state index is -1.89. The van der Waals surface area contributed by atoms with Crippen LogP contribution in [0.1, 0.15) is 40.5 Å². The molecule has 0 spiro atoms. The highest BCUT2D eigenvalue weighted by Crippen LogP contribution is 2.55. The third-order valence-corrected chi connectivity index (χ3v) is 4.65. The first-order valence-electron chi connectivity index (χ1n) is 7.22. The fraction of sp³-hybridized carbons (Fsp3) is 0.600. The van der Waals surface area contributed by atoms with Gasteiger partial charge >= 0.3 is 0 Å². The van der Waals surface area contributed by atoms with Gasteiger partial charge < -0.3 is 15.9 Å². The Morgan fingerprint density at radius 2 is 2.00 bits per heavy atom. The highest BCUT2D eigenvalue weighted by molar-refractivity contribution is 6.30. The number of amides is 1. The number of rotatable bonds is 5. The average Bonchev–Trinajstić information content (AvgIpc) is 2.51. The summed E-state index contributed by atoms with van der Waals surface area (Å²) in [6.45, 7) is 7.08. The molecule has 2 unspecified atom stereocenters. The van der Waals surface area contributed by atoms with Gasteiger partial charge in [-0.05, 0) is 26.7 Å². The molecular weight excluding hydrogens is 318 g/mol. The summed E-state index contributed by atoms with van der Waals surface area (Å²) in [7, 11) is 0. The van der Waals surface area contributed by atoms with E-state index in [0.29, 0.717) is 18.6 Å². The van der Waals surface area contributed by atoms with E-state index in [9.17, 15) is 15.3 Å². The van der Waals surface area contributed by atoms with Crippen LogP contribution >= 0.6 is 11.6 Å². The van der Waals surface area contributed by atoms with Crippen molar-refractivity contribution in [1.82, 2.24) is 5.32 Å². The first-order chi connectivity index (χ1) is 10.8. The van der Waals surface area contributed by atoms with Gasteiger partial charge in [0, 0.05) is 0 Å². The van der Waals surface area contributed by atoms with Gasteiger partial charge in [0.25, 0.3) is 0 Å². The minimum absolute atomic E-state index is 0.126. The molecule has 8 heteroatoms. The van der Waals surface area contributed by atoms with E-state index < -0.39 is 23.0 Å². The Bertz CT molecular complexity index is 635. The Morgan fingerprint density at radius 3 is 2.35 bits per heavy atom. The van der Waals surface area contributed by atoms with Crippen molar-refractivity contribution >= 4 is 23.2 Å². The quantitative estimate of drug-likeness (QED) is 0.451. The molecule has 2 atom stereocenters. The van der Waals surface area contributed by atoms with E-state index in [4.69, 9.17) is 22.2 Å². The molecule has 0 saturated carbocycles. The van der Waals surface area contributed by atoms with Crippen LogP contribution in [0.2, 0.25) is 0 Å². The molecule has 0 fully saturated rings. The molecule has 23 heavy (non-hydrogen) atoms. The minimum Gasteiger partial charge on any atom is -0.370 e. The number of primary amides is 1. The van der Waals surface area contributed by atoms with E-state index >= 15 is 0 Å². The molecule has 1 aliphatic heterocycles. The second-order valence-electron chi connectivity index (χ2n) is 5.56. The number of carbonyl (C=O) groups excluding carboxylic acids is 1. The molecule has 0 aliphatic carbocycles. The predicted octanol–water partition coefficient (Wildman–Crippen LogP) is 2.10. The van der Waals surface area contributed by atoms with Crippen molar-refractivity contribution in [3.05, 3.63) is 10.7 Å². The number of carbonyl (C=O) groups is 1. The zero-order valence-corrected chi connectivity index (χ0v) is 14.4. The highest BCUT2D eigenvalue weighted by Gasteiger charge is 2.65. The first kappa shape index (κ1) is 18.8. The maximum Gasteiger partial charge on any atom is 0.244 e. The summed E-state index contributed by atoms with van der Waals surface area (Å²) >= 11 is 6.10. The van der Waals surface area contributed by atoms with E-state index in [2.05, 4.69) is 10.5 Å². The van der Waals surface area contributed by atoms with Gasteiger partial charge in [-0.1, -0.05) is 30.6 Å². The summed E-state index contributed by atoms with van der Waals surface area (Å²) in [6.07, 6.45) is -0.166. The monoisotopic (exact) mass is 337 g/mol. The van der Waals surface area contributed by atoms with Crippen molar-refractivity contribution < 1.29 is 9.63 Å². The third kappa shape index (κ3) is 2.62. The smallest absolute Gasteiger partial charge is 0.244 e. The van der Waals surface area contributed by atoms with Gasteiger partial charge in [-0.2, -0.15) is 10.5 Å². The number of nitrogens with two attached hydrogens (primary N) is 1.